The van der Waals surface area contributed by atoms with Crippen molar-refractivity contribution in [3.05, 3.63) is 118 Å². The van der Waals surface area contributed by atoms with E-state index in [9.17, 15) is 34.4 Å². The van der Waals surface area contributed by atoms with Gasteiger partial charge >= 0.3 is 5.97 Å². The van der Waals surface area contributed by atoms with E-state index in [0.29, 0.717) is 5.56 Å². The number of amides is 3. The third kappa shape index (κ3) is 8.47. The van der Waals surface area contributed by atoms with Crippen molar-refractivity contribution in [3.8, 4) is 0 Å². The van der Waals surface area contributed by atoms with Crippen molar-refractivity contribution >= 4 is 35.1 Å². The molecule has 0 bridgehead atoms. The fourth-order valence-electron chi connectivity index (χ4n) is 5.32. The molecule has 3 aromatic carbocycles. The molecule has 2 unspecified atom stereocenters. The number of hydrogen-bond donors (Lipinski definition) is 2. The molecule has 4 rings (SSSR count). The molecule has 0 aromatic heterocycles. The molecule has 2 N–H and O–H groups in total. The number of non-ortho nitro benzene ring substituents is 1. The summed E-state index contributed by atoms with van der Waals surface area (Å²) in [6.45, 7) is 6.36. The van der Waals surface area contributed by atoms with Crippen LogP contribution in [0.4, 0.5) is 5.69 Å². The van der Waals surface area contributed by atoms with Gasteiger partial charge in [-0.05, 0) is 49.4 Å². The van der Waals surface area contributed by atoms with Crippen LogP contribution in [-0.4, -0.2) is 74.4 Å². The predicted molar refractivity (Wildman–Crippen MR) is 173 cm³/mol. The fraction of sp³-hybridized carbons (Fsp3) is 0.314. The molecule has 3 aromatic rings. The van der Waals surface area contributed by atoms with Gasteiger partial charge in [0.05, 0.1) is 22.8 Å². The number of carbonyl (C=O) groups is 4. The van der Waals surface area contributed by atoms with E-state index in [1.807, 2.05) is 6.07 Å². The van der Waals surface area contributed by atoms with E-state index in [2.05, 4.69) is 5.32 Å². The smallest absolute Gasteiger partial charge is 0.337 e. The molecule has 0 saturated carbocycles. The molecule has 0 fully saturated rings. The number of nitro groups is 1. The average molecular weight is 643 g/mol. The maximum absolute atomic E-state index is 14.2. The number of esters is 1. The third-order valence-electron chi connectivity index (χ3n) is 7.55. The standard InChI is InChI=1S/C35H38N4O8/c1-22(2)31-34(43)37(21-30(40)36-28(19-24-11-7-5-8-12-24)32(41)35(44)47-23(3)4)29(25-13-9-6-10-14-25)20-38(31)33(42)26-15-17-27(18-16-26)39(45)46/h5-18,20,22-23,28,31-32,41H,19,21H2,1-4H3,(H,36,40)/t28-,31?,32?/m0/s1. The zero-order valence-electron chi connectivity index (χ0n) is 26.6. The normalized spacial score (nSPS) is 16.0. The van der Waals surface area contributed by atoms with Crippen molar-refractivity contribution in [1.29, 1.82) is 0 Å². The fourth-order valence-corrected chi connectivity index (χ4v) is 5.32. The zero-order chi connectivity index (χ0) is 34.2. The predicted octanol–water partition coefficient (Wildman–Crippen LogP) is 3.94. The summed E-state index contributed by atoms with van der Waals surface area (Å²) >= 11 is 0. The van der Waals surface area contributed by atoms with Gasteiger partial charge in [0.2, 0.25) is 5.91 Å². The van der Waals surface area contributed by atoms with Crippen LogP contribution in [0.3, 0.4) is 0 Å². The van der Waals surface area contributed by atoms with Crippen LogP contribution in [0.25, 0.3) is 5.70 Å². The lowest BCUT2D eigenvalue weighted by molar-refractivity contribution is -0.384. The topological polar surface area (TPSA) is 159 Å². The summed E-state index contributed by atoms with van der Waals surface area (Å²) in [4.78, 5) is 67.5. The van der Waals surface area contributed by atoms with Crippen LogP contribution in [0.1, 0.15) is 49.2 Å². The molecule has 0 aliphatic carbocycles. The van der Waals surface area contributed by atoms with Crippen molar-refractivity contribution < 1.29 is 33.9 Å². The SMILES string of the molecule is CC(C)OC(=O)C(O)[C@H](Cc1ccccc1)NC(=O)CN1C(=O)C(C(C)C)N(C(=O)c2ccc([N+](=O)[O-])cc2)C=C1c1ccccc1. The van der Waals surface area contributed by atoms with E-state index in [-0.39, 0.29) is 29.3 Å². The molecule has 0 spiro atoms. The van der Waals surface area contributed by atoms with Crippen molar-refractivity contribution in [2.45, 2.75) is 58.4 Å². The first kappa shape index (κ1) is 34.5. The van der Waals surface area contributed by atoms with Gasteiger partial charge in [-0.1, -0.05) is 74.5 Å². The second kappa shape index (κ2) is 15.3. The van der Waals surface area contributed by atoms with Crippen molar-refractivity contribution in [2.24, 2.45) is 5.92 Å². The molecule has 3 atom stereocenters. The Bertz CT molecular complexity index is 1620. The summed E-state index contributed by atoms with van der Waals surface area (Å²) in [6, 6.07) is 20.8. The summed E-state index contributed by atoms with van der Waals surface area (Å²) < 4.78 is 5.20. The number of nitrogens with zero attached hydrogens (tertiary/aromatic N) is 3. The van der Waals surface area contributed by atoms with E-state index < -0.39 is 59.5 Å². The van der Waals surface area contributed by atoms with Gasteiger partial charge in [0, 0.05) is 23.9 Å². The number of carbonyl (C=O) groups excluding carboxylic acids is 4. The number of ether oxygens (including phenoxy) is 1. The van der Waals surface area contributed by atoms with Crippen molar-refractivity contribution in [2.75, 3.05) is 6.54 Å². The Morgan fingerprint density at radius 3 is 2.09 bits per heavy atom. The Labute approximate surface area is 272 Å². The monoisotopic (exact) mass is 642 g/mol. The van der Waals surface area contributed by atoms with Gasteiger partial charge in [0.1, 0.15) is 12.6 Å². The summed E-state index contributed by atoms with van der Waals surface area (Å²) in [5, 5.41) is 24.8. The molecular formula is C35H38N4O8. The van der Waals surface area contributed by atoms with E-state index in [0.717, 1.165) is 5.56 Å². The molecule has 12 heteroatoms. The quantitative estimate of drug-likeness (QED) is 0.171. The number of benzene rings is 3. The van der Waals surface area contributed by atoms with E-state index in [4.69, 9.17) is 4.74 Å². The van der Waals surface area contributed by atoms with Gasteiger partial charge < -0.3 is 20.1 Å². The molecule has 1 aliphatic rings. The Morgan fingerprint density at radius 1 is 0.936 bits per heavy atom. The molecule has 246 valence electrons. The second-order valence-corrected chi connectivity index (χ2v) is 11.8. The Morgan fingerprint density at radius 2 is 1.53 bits per heavy atom. The number of rotatable bonds is 12. The van der Waals surface area contributed by atoms with E-state index in [1.54, 1.807) is 82.3 Å². The Hall–Kier alpha value is -5.36. The van der Waals surface area contributed by atoms with E-state index in [1.165, 1.54) is 40.3 Å². The van der Waals surface area contributed by atoms with Crippen molar-refractivity contribution in [3.63, 3.8) is 0 Å². The van der Waals surface area contributed by atoms with Crippen LogP contribution in [0, 0.1) is 16.0 Å². The highest BCUT2D eigenvalue weighted by molar-refractivity contribution is 6.04. The lowest BCUT2D eigenvalue weighted by Gasteiger charge is -2.41. The molecule has 0 saturated heterocycles. The van der Waals surface area contributed by atoms with Gasteiger partial charge in [-0.15, -0.1) is 0 Å². The van der Waals surface area contributed by atoms with Gasteiger partial charge in [-0.25, -0.2) is 4.79 Å². The minimum atomic E-state index is -1.68. The number of aliphatic hydroxyl groups is 1. The second-order valence-electron chi connectivity index (χ2n) is 11.8. The molecule has 1 aliphatic heterocycles. The molecule has 12 nitrogen and oxygen atoms in total. The minimum absolute atomic E-state index is 0.113. The maximum atomic E-state index is 14.2. The summed E-state index contributed by atoms with van der Waals surface area (Å²) in [5.41, 5.74) is 1.56. The summed E-state index contributed by atoms with van der Waals surface area (Å²) in [7, 11) is 0. The van der Waals surface area contributed by atoms with Crippen LogP contribution >= 0.6 is 0 Å². The molecule has 1 heterocycles. The molecule has 47 heavy (non-hydrogen) atoms. The minimum Gasteiger partial charge on any atom is -0.461 e. The first-order valence-corrected chi connectivity index (χ1v) is 15.2. The first-order valence-electron chi connectivity index (χ1n) is 15.2. The van der Waals surface area contributed by atoms with Crippen LogP contribution in [0.2, 0.25) is 0 Å². The zero-order valence-corrected chi connectivity index (χ0v) is 26.6. The van der Waals surface area contributed by atoms with Crippen LogP contribution in [0.5, 0.6) is 0 Å². The van der Waals surface area contributed by atoms with Gasteiger partial charge in [0.15, 0.2) is 6.10 Å². The number of aliphatic hydroxyl groups excluding tert-OH is 1. The van der Waals surface area contributed by atoms with Gasteiger partial charge in [0.25, 0.3) is 17.5 Å². The summed E-state index contributed by atoms with van der Waals surface area (Å²) in [5.74, 6) is -2.98. The highest BCUT2D eigenvalue weighted by Gasteiger charge is 2.42. The lowest BCUT2D eigenvalue weighted by Crippen LogP contribution is -2.57. The van der Waals surface area contributed by atoms with Crippen LogP contribution < -0.4 is 5.32 Å². The molecule has 3 amide bonds. The number of nitrogens with one attached hydrogen (secondary N) is 1. The number of nitro benzene ring substituents is 1. The highest BCUT2D eigenvalue weighted by atomic mass is 16.6. The van der Waals surface area contributed by atoms with Crippen LogP contribution in [-0.2, 0) is 25.5 Å². The Kier molecular flexibility index (Phi) is 11.2. The lowest BCUT2D eigenvalue weighted by atomic mass is 9.96. The molecular weight excluding hydrogens is 604 g/mol. The first-order chi connectivity index (χ1) is 22.4. The third-order valence-corrected chi connectivity index (χ3v) is 7.55. The van der Waals surface area contributed by atoms with Gasteiger partial charge in [-0.2, -0.15) is 0 Å². The maximum Gasteiger partial charge on any atom is 0.337 e. The van der Waals surface area contributed by atoms with Gasteiger partial charge in [-0.3, -0.25) is 29.4 Å². The molecule has 0 radical (unpaired) electrons. The largest absolute Gasteiger partial charge is 0.461 e. The van der Waals surface area contributed by atoms with Crippen molar-refractivity contribution in [1.82, 2.24) is 15.1 Å². The number of hydrogen-bond acceptors (Lipinski definition) is 8. The van der Waals surface area contributed by atoms with Crippen LogP contribution in [0.15, 0.2) is 91.1 Å². The van der Waals surface area contributed by atoms with E-state index >= 15 is 0 Å². The average Bonchev–Trinajstić information content (AvgIpc) is 3.04. The summed E-state index contributed by atoms with van der Waals surface area (Å²) in [6.07, 6.45) is -0.544. The Balaban J connectivity index is 1.68. The highest BCUT2D eigenvalue weighted by Crippen LogP contribution is 2.31.